The number of carbonyl (C=O) groups excluding carboxylic acids is 1. The molecule has 0 atom stereocenters. The molecule has 1 saturated heterocycles. The Labute approximate surface area is 177 Å². The number of carbonyl (C=O) groups is 1. The summed E-state index contributed by atoms with van der Waals surface area (Å²) in [5.41, 5.74) is 4.58. The van der Waals surface area contributed by atoms with E-state index in [1.807, 2.05) is 23.1 Å². The second-order valence-electron chi connectivity index (χ2n) is 7.55. The molecule has 4 rings (SSSR count). The molecule has 6 heteroatoms. The van der Waals surface area contributed by atoms with Crippen molar-refractivity contribution in [2.24, 2.45) is 4.99 Å². The number of fused-ring (bicyclic) bond motifs is 1. The number of aromatic amines is 1. The fourth-order valence-corrected chi connectivity index (χ4v) is 3.87. The molecule has 0 aliphatic carbocycles. The summed E-state index contributed by atoms with van der Waals surface area (Å²) in [5, 5.41) is 8.01. The number of hydrogen-bond acceptors (Lipinski definition) is 2. The Morgan fingerprint density at radius 1 is 1.13 bits per heavy atom. The van der Waals surface area contributed by atoms with Crippen LogP contribution >= 0.6 is 0 Å². The topological polar surface area (TPSA) is 72.5 Å². The van der Waals surface area contributed by atoms with Crippen molar-refractivity contribution in [2.75, 3.05) is 24.5 Å². The number of nitrogens with zero attached hydrogens (tertiary/aromatic N) is 2. The Kier molecular flexibility index (Phi) is 6.32. The van der Waals surface area contributed by atoms with Crippen molar-refractivity contribution >= 4 is 28.5 Å². The van der Waals surface area contributed by atoms with E-state index in [-0.39, 0.29) is 5.91 Å². The Morgan fingerprint density at radius 2 is 1.97 bits per heavy atom. The number of nitrogens with one attached hydrogen (secondary N) is 3. The van der Waals surface area contributed by atoms with Crippen LogP contribution in [0.15, 0.2) is 59.7 Å². The molecule has 156 valence electrons. The van der Waals surface area contributed by atoms with E-state index in [1.165, 1.54) is 16.5 Å². The number of amides is 1. The van der Waals surface area contributed by atoms with E-state index >= 15 is 0 Å². The maximum absolute atomic E-state index is 11.9. The highest BCUT2D eigenvalue weighted by molar-refractivity contribution is 5.95. The van der Waals surface area contributed by atoms with E-state index in [0.29, 0.717) is 13.0 Å². The minimum absolute atomic E-state index is 0.217. The van der Waals surface area contributed by atoms with Crippen LogP contribution in [0.1, 0.15) is 30.9 Å². The first-order valence-electron chi connectivity index (χ1n) is 10.7. The van der Waals surface area contributed by atoms with Crippen LogP contribution in [0, 0.1) is 0 Å². The standard InChI is InChI=1S/C24H29N5O/c1-2-25-24(26-14-13-19-17-27-22-7-4-3-6-21(19)22)28-16-18-9-11-20(12-10-18)29-15-5-8-23(29)30/h3-4,6-7,9-12,17,27H,2,5,8,13-16H2,1H3,(H2,25,26,28). The lowest BCUT2D eigenvalue weighted by molar-refractivity contribution is -0.117. The molecule has 30 heavy (non-hydrogen) atoms. The molecule has 1 aromatic heterocycles. The molecule has 0 radical (unpaired) electrons. The number of para-hydroxylation sites is 1. The number of aliphatic imine (C=N–C) groups is 1. The van der Waals surface area contributed by atoms with Crippen molar-refractivity contribution in [3.05, 3.63) is 65.9 Å². The zero-order valence-corrected chi connectivity index (χ0v) is 17.4. The molecule has 1 aliphatic rings. The average Bonchev–Trinajstić information content (AvgIpc) is 3.39. The predicted molar refractivity (Wildman–Crippen MR) is 123 cm³/mol. The fourth-order valence-electron chi connectivity index (χ4n) is 3.87. The van der Waals surface area contributed by atoms with E-state index in [4.69, 9.17) is 4.99 Å². The first-order valence-corrected chi connectivity index (χ1v) is 10.7. The summed E-state index contributed by atoms with van der Waals surface area (Å²) >= 11 is 0. The lowest BCUT2D eigenvalue weighted by Gasteiger charge is -2.16. The molecule has 3 N–H and O–H groups in total. The second-order valence-corrected chi connectivity index (χ2v) is 7.55. The number of aromatic nitrogens is 1. The van der Waals surface area contributed by atoms with Gasteiger partial charge in [0.05, 0.1) is 6.54 Å². The van der Waals surface area contributed by atoms with Gasteiger partial charge in [-0.1, -0.05) is 30.3 Å². The highest BCUT2D eigenvalue weighted by Gasteiger charge is 2.21. The molecular weight excluding hydrogens is 374 g/mol. The minimum Gasteiger partial charge on any atom is -0.361 e. The van der Waals surface area contributed by atoms with Gasteiger partial charge in [-0.05, 0) is 49.1 Å². The number of benzene rings is 2. The van der Waals surface area contributed by atoms with E-state index in [2.05, 4.69) is 59.1 Å². The third-order valence-electron chi connectivity index (χ3n) is 5.45. The van der Waals surface area contributed by atoms with Gasteiger partial charge in [0.1, 0.15) is 0 Å². The van der Waals surface area contributed by atoms with Gasteiger partial charge in [0, 0.05) is 48.8 Å². The van der Waals surface area contributed by atoms with Gasteiger partial charge in [-0.15, -0.1) is 0 Å². The molecule has 1 fully saturated rings. The maximum atomic E-state index is 11.9. The number of anilines is 1. The number of hydrogen-bond donors (Lipinski definition) is 3. The van der Waals surface area contributed by atoms with E-state index in [0.717, 1.165) is 49.7 Å². The lowest BCUT2D eigenvalue weighted by Crippen LogP contribution is -2.38. The van der Waals surface area contributed by atoms with Crippen molar-refractivity contribution in [1.82, 2.24) is 15.6 Å². The van der Waals surface area contributed by atoms with Crippen LogP contribution in [-0.2, 0) is 17.8 Å². The molecule has 2 heterocycles. The predicted octanol–water partition coefficient (Wildman–Crippen LogP) is 3.59. The van der Waals surface area contributed by atoms with Crippen molar-refractivity contribution in [3.8, 4) is 0 Å². The summed E-state index contributed by atoms with van der Waals surface area (Å²) in [7, 11) is 0. The molecule has 0 spiro atoms. The summed E-state index contributed by atoms with van der Waals surface area (Å²) in [6, 6.07) is 16.5. The molecule has 1 amide bonds. The zero-order chi connectivity index (χ0) is 20.8. The lowest BCUT2D eigenvalue weighted by atomic mass is 10.1. The summed E-state index contributed by atoms with van der Waals surface area (Å²) in [6.07, 6.45) is 4.61. The highest BCUT2D eigenvalue weighted by Crippen LogP contribution is 2.22. The van der Waals surface area contributed by atoms with Gasteiger partial charge < -0.3 is 20.5 Å². The van der Waals surface area contributed by atoms with Gasteiger partial charge in [0.2, 0.25) is 5.91 Å². The molecule has 2 aromatic carbocycles. The maximum Gasteiger partial charge on any atom is 0.227 e. The number of rotatable bonds is 7. The monoisotopic (exact) mass is 403 g/mol. The number of guanidine groups is 1. The number of H-pyrrole nitrogens is 1. The molecule has 6 nitrogen and oxygen atoms in total. The first-order chi connectivity index (χ1) is 14.7. The molecule has 0 bridgehead atoms. The smallest absolute Gasteiger partial charge is 0.227 e. The third-order valence-corrected chi connectivity index (χ3v) is 5.45. The van der Waals surface area contributed by atoms with Crippen LogP contribution in [0.5, 0.6) is 0 Å². The normalized spacial score (nSPS) is 14.5. The molecule has 3 aromatic rings. The van der Waals surface area contributed by atoms with Crippen LogP contribution in [0.4, 0.5) is 5.69 Å². The average molecular weight is 404 g/mol. The van der Waals surface area contributed by atoms with Crippen LogP contribution in [0.25, 0.3) is 10.9 Å². The van der Waals surface area contributed by atoms with Crippen molar-refractivity contribution < 1.29 is 4.79 Å². The van der Waals surface area contributed by atoms with Gasteiger partial charge in [0.15, 0.2) is 5.96 Å². The van der Waals surface area contributed by atoms with Crippen LogP contribution < -0.4 is 15.5 Å². The van der Waals surface area contributed by atoms with Crippen molar-refractivity contribution in [2.45, 2.75) is 32.7 Å². The largest absolute Gasteiger partial charge is 0.361 e. The van der Waals surface area contributed by atoms with E-state index in [9.17, 15) is 4.79 Å². The highest BCUT2D eigenvalue weighted by atomic mass is 16.2. The van der Waals surface area contributed by atoms with Gasteiger partial charge >= 0.3 is 0 Å². The van der Waals surface area contributed by atoms with E-state index in [1.54, 1.807) is 0 Å². The van der Waals surface area contributed by atoms with Gasteiger partial charge in [-0.3, -0.25) is 4.79 Å². The Balaban J connectivity index is 1.33. The second kappa shape index (κ2) is 9.48. The fraction of sp³-hybridized carbons (Fsp3) is 0.333. The zero-order valence-electron chi connectivity index (χ0n) is 17.4. The third kappa shape index (κ3) is 4.64. The van der Waals surface area contributed by atoms with Gasteiger partial charge in [-0.25, -0.2) is 4.99 Å². The SMILES string of the molecule is CCNC(=NCc1ccc(N2CCCC2=O)cc1)NCCc1c[nH]c2ccccc12. The van der Waals surface area contributed by atoms with Crippen molar-refractivity contribution in [3.63, 3.8) is 0 Å². The molecule has 0 unspecified atom stereocenters. The Hall–Kier alpha value is -3.28. The van der Waals surface area contributed by atoms with Crippen LogP contribution in [0.2, 0.25) is 0 Å². The summed E-state index contributed by atoms with van der Waals surface area (Å²) in [5.74, 6) is 1.03. The molecule has 1 aliphatic heterocycles. The summed E-state index contributed by atoms with van der Waals surface area (Å²) in [4.78, 5) is 21.8. The van der Waals surface area contributed by atoms with Gasteiger partial charge in [-0.2, -0.15) is 0 Å². The van der Waals surface area contributed by atoms with Gasteiger partial charge in [0.25, 0.3) is 0 Å². The molecular formula is C24H29N5O. The van der Waals surface area contributed by atoms with Crippen LogP contribution in [-0.4, -0.2) is 36.5 Å². The Bertz CT molecular complexity index is 1020. The first kappa shape index (κ1) is 20.0. The Morgan fingerprint density at radius 3 is 2.73 bits per heavy atom. The van der Waals surface area contributed by atoms with E-state index < -0.39 is 0 Å². The van der Waals surface area contributed by atoms with Crippen molar-refractivity contribution in [1.29, 1.82) is 0 Å². The summed E-state index contributed by atoms with van der Waals surface area (Å²) < 4.78 is 0. The van der Waals surface area contributed by atoms with Crippen LogP contribution in [0.3, 0.4) is 0 Å². The summed E-state index contributed by atoms with van der Waals surface area (Å²) in [6.45, 7) is 5.11. The quantitative estimate of drug-likeness (QED) is 0.417. The minimum atomic E-state index is 0.217. The molecule has 0 saturated carbocycles.